The van der Waals surface area contributed by atoms with Gasteiger partial charge < -0.3 is 10.6 Å². The molecule has 0 aromatic carbocycles. The molecule has 8 heteroatoms. The molecule has 2 heterocycles. The molecule has 0 saturated carbocycles. The van der Waals surface area contributed by atoms with Gasteiger partial charge in [0.2, 0.25) is 11.8 Å². The topological polar surface area (TPSA) is 101 Å². The first kappa shape index (κ1) is 15.4. The fourth-order valence-corrected chi connectivity index (χ4v) is 2.64. The lowest BCUT2D eigenvalue weighted by Gasteiger charge is -2.38. The van der Waals surface area contributed by atoms with Crippen molar-refractivity contribution in [3.05, 3.63) is 15.8 Å². The van der Waals surface area contributed by atoms with E-state index in [1.54, 1.807) is 6.92 Å². The molecule has 1 unspecified atom stereocenters. The van der Waals surface area contributed by atoms with Crippen molar-refractivity contribution >= 4 is 17.5 Å². The Labute approximate surface area is 124 Å². The smallest absolute Gasteiger partial charge is 0.332 e. The van der Waals surface area contributed by atoms with Gasteiger partial charge in [0, 0.05) is 32.2 Å². The predicted molar refractivity (Wildman–Crippen MR) is 81.4 cm³/mol. The van der Waals surface area contributed by atoms with E-state index < -0.39 is 4.92 Å². The van der Waals surface area contributed by atoms with E-state index in [0.29, 0.717) is 30.6 Å². The summed E-state index contributed by atoms with van der Waals surface area (Å²) in [6, 6.07) is 0.527. The van der Waals surface area contributed by atoms with Crippen molar-refractivity contribution in [3.63, 3.8) is 0 Å². The number of nitrogens with zero attached hydrogens (tertiary/aromatic N) is 5. The van der Waals surface area contributed by atoms with Crippen LogP contribution >= 0.6 is 0 Å². The molecule has 116 valence electrons. The van der Waals surface area contributed by atoms with Crippen molar-refractivity contribution in [3.8, 4) is 0 Å². The number of nitrogens with two attached hydrogens (primary N) is 1. The highest BCUT2D eigenvalue weighted by molar-refractivity contribution is 5.62. The maximum absolute atomic E-state index is 11.3. The fraction of sp³-hybridized carbons (Fsp3) is 0.692. The standard InChI is InChI=1S/C13H22N6O2/c1-4-9(2)17-5-7-18(8-6-17)12-11(19(20)21)10(3)15-13(14)16-12/h9H,4-8H2,1-3H3,(H2,14,15,16). The summed E-state index contributed by atoms with van der Waals surface area (Å²) in [5.41, 5.74) is 5.92. The predicted octanol–water partition coefficient (Wildman–Crippen LogP) is 1.20. The summed E-state index contributed by atoms with van der Waals surface area (Å²) in [6.45, 7) is 9.11. The Bertz CT molecular complexity index is 528. The number of aromatic nitrogens is 2. The Morgan fingerprint density at radius 2 is 1.95 bits per heavy atom. The van der Waals surface area contributed by atoms with Crippen LogP contribution in [-0.2, 0) is 0 Å². The van der Waals surface area contributed by atoms with Crippen LogP contribution in [0.1, 0.15) is 26.0 Å². The number of hydrogen-bond acceptors (Lipinski definition) is 7. The molecule has 21 heavy (non-hydrogen) atoms. The van der Waals surface area contributed by atoms with Gasteiger partial charge >= 0.3 is 5.69 Å². The summed E-state index contributed by atoms with van der Waals surface area (Å²) in [5, 5.41) is 11.3. The van der Waals surface area contributed by atoms with E-state index in [1.807, 2.05) is 4.90 Å². The van der Waals surface area contributed by atoms with Gasteiger partial charge in [-0.05, 0) is 20.3 Å². The van der Waals surface area contributed by atoms with Crippen LogP contribution in [0.3, 0.4) is 0 Å². The van der Waals surface area contributed by atoms with Crippen molar-refractivity contribution in [2.45, 2.75) is 33.2 Å². The quantitative estimate of drug-likeness (QED) is 0.657. The normalized spacial score (nSPS) is 17.8. The van der Waals surface area contributed by atoms with Crippen LogP contribution in [0.2, 0.25) is 0 Å². The third-order valence-electron chi connectivity index (χ3n) is 4.07. The maximum Gasteiger partial charge on any atom is 0.332 e. The van der Waals surface area contributed by atoms with Gasteiger partial charge in [-0.2, -0.15) is 4.98 Å². The van der Waals surface area contributed by atoms with Crippen LogP contribution in [-0.4, -0.2) is 52.0 Å². The lowest BCUT2D eigenvalue weighted by molar-refractivity contribution is -0.385. The van der Waals surface area contributed by atoms with Crippen LogP contribution < -0.4 is 10.6 Å². The summed E-state index contributed by atoms with van der Waals surface area (Å²) >= 11 is 0. The molecule has 0 aliphatic carbocycles. The minimum Gasteiger partial charge on any atom is -0.368 e. The minimum atomic E-state index is -0.425. The minimum absolute atomic E-state index is 0.0406. The van der Waals surface area contributed by atoms with Crippen molar-refractivity contribution in [2.24, 2.45) is 0 Å². The summed E-state index contributed by atoms with van der Waals surface area (Å²) in [4.78, 5) is 23.2. The van der Waals surface area contributed by atoms with Crippen LogP contribution in [0, 0.1) is 17.0 Å². The Balaban J connectivity index is 2.22. The second-order valence-electron chi connectivity index (χ2n) is 5.38. The van der Waals surface area contributed by atoms with E-state index in [9.17, 15) is 10.1 Å². The van der Waals surface area contributed by atoms with Crippen molar-refractivity contribution in [1.82, 2.24) is 14.9 Å². The van der Waals surface area contributed by atoms with Crippen LogP contribution in [0.4, 0.5) is 17.5 Å². The third kappa shape index (κ3) is 3.21. The Hall–Kier alpha value is -1.96. The molecule has 1 aliphatic heterocycles. The van der Waals surface area contributed by atoms with Gasteiger partial charge in [0.25, 0.3) is 0 Å². The number of aryl methyl sites for hydroxylation is 1. The van der Waals surface area contributed by atoms with E-state index in [-0.39, 0.29) is 11.6 Å². The van der Waals surface area contributed by atoms with Crippen molar-refractivity contribution < 1.29 is 4.92 Å². The molecule has 0 spiro atoms. The molecular weight excluding hydrogens is 272 g/mol. The third-order valence-corrected chi connectivity index (χ3v) is 4.07. The van der Waals surface area contributed by atoms with E-state index >= 15 is 0 Å². The second-order valence-corrected chi connectivity index (χ2v) is 5.38. The average Bonchev–Trinajstić information content (AvgIpc) is 2.45. The molecule has 1 aromatic heterocycles. The lowest BCUT2D eigenvalue weighted by atomic mass is 10.2. The number of rotatable bonds is 4. The highest BCUT2D eigenvalue weighted by Crippen LogP contribution is 2.30. The first-order valence-electron chi connectivity index (χ1n) is 7.21. The van der Waals surface area contributed by atoms with Crippen LogP contribution in [0.5, 0.6) is 0 Å². The zero-order chi connectivity index (χ0) is 15.6. The summed E-state index contributed by atoms with van der Waals surface area (Å²) in [5.74, 6) is 0.422. The van der Waals surface area contributed by atoms with Gasteiger partial charge in [-0.25, -0.2) is 4.98 Å². The number of hydrogen-bond donors (Lipinski definition) is 1. The number of piperazine rings is 1. The highest BCUT2D eigenvalue weighted by atomic mass is 16.6. The molecule has 8 nitrogen and oxygen atoms in total. The van der Waals surface area contributed by atoms with Gasteiger partial charge in [0.15, 0.2) is 0 Å². The summed E-state index contributed by atoms with van der Waals surface area (Å²) in [7, 11) is 0. The van der Waals surface area contributed by atoms with Gasteiger partial charge in [-0.15, -0.1) is 0 Å². The summed E-state index contributed by atoms with van der Waals surface area (Å²) < 4.78 is 0. The molecule has 0 radical (unpaired) electrons. The fourth-order valence-electron chi connectivity index (χ4n) is 2.64. The molecule has 1 atom stereocenters. The van der Waals surface area contributed by atoms with Crippen LogP contribution in [0.25, 0.3) is 0 Å². The molecule has 1 aliphatic rings. The highest BCUT2D eigenvalue weighted by Gasteiger charge is 2.29. The molecule has 1 saturated heterocycles. The van der Waals surface area contributed by atoms with Crippen molar-refractivity contribution in [1.29, 1.82) is 0 Å². The number of anilines is 2. The molecule has 0 bridgehead atoms. The molecule has 2 N–H and O–H groups in total. The molecule has 1 fully saturated rings. The summed E-state index contributed by atoms with van der Waals surface area (Å²) in [6.07, 6.45) is 1.10. The zero-order valence-corrected chi connectivity index (χ0v) is 12.7. The lowest BCUT2D eigenvalue weighted by Crippen LogP contribution is -2.49. The van der Waals surface area contributed by atoms with E-state index in [1.165, 1.54) is 0 Å². The second kappa shape index (κ2) is 6.21. The number of nitrogen functional groups attached to an aromatic ring is 1. The van der Waals surface area contributed by atoms with E-state index in [0.717, 1.165) is 19.5 Å². The van der Waals surface area contributed by atoms with E-state index in [4.69, 9.17) is 5.73 Å². The SMILES string of the molecule is CCC(C)N1CCN(c2nc(N)nc(C)c2[N+](=O)[O-])CC1. The molecule has 1 aromatic rings. The molecule has 0 amide bonds. The van der Waals surface area contributed by atoms with Crippen molar-refractivity contribution in [2.75, 3.05) is 36.8 Å². The monoisotopic (exact) mass is 294 g/mol. The van der Waals surface area contributed by atoms with Gasteiger partial charge in [0.1, 0.15) is 5.69 Å². The largest absolute Gasteiger partial charge is 0.368 e. The maximum atomic E-state index is 11.3. The first-order chi connectivity index (χ1) is 9.93. The Kier molecular flexibility index (Phi) is 4.56. The Morgan fingerprint density at radius 1 is 1.33 bits per heavy atom. The van der Waals surface area contributed by atoms with E-state index in [2.05, 4.69) is 28.7 Å². The van der Waals surface area contributed by atoms with Gasteiger partial charge in [-0.1, -0.05) is 6.92 Å². The van der Waals surface area contributed by atoms with Gasteiger partial charge in [0.05, 0.1) is 4.92 Å². The zero-order valence-electron chi connectivity index (χ0n) is 12.7. The first-order valence-corrected chi connectivity index (χ1v) is 7.21. The Morgan fingerprint density at radius 3 is 2.48 bits per heavy atom. The number of nitro groups is 1. The average molecular weight is 294 g/mol. The van der Waals surface area contributed by atoms with Gasteiger partial charge in [-0.3, -0.25) is 15.0 Å². The molecular formula is C13H22N6O2. The molecule has 2 rings (SSSR count). The van der Waals surface area contributed by atoms with Crippen LogP contribution in [0.15, 0.2) is 0 Å².